The van der Waals surface area contributed by atoms with Crippen LogP contribution >= 0.6 is 0 Å². The Morgan fingerprint density at radius 3 is 2.09 bits per heavy atom. The Labute approximate surface area is 129 Å². The van der Waals surface area contributed by atoms with Crippen molar-refractivity contribution in [1.29, 1.82) is 0 Å². The number of benzene rings is 1. The maximum absolute atomic E-state index is 11.7. The monoisotopic (exact) mass is 311 g/mol. The Hall–Kier alpha value is -2.44. The van der Waals surface area contributed by atoms with Crippen LogP contribution in [0.2, 0.25) is 0 Å². The van der Waals surface area contributed by atoms with Crippen LogP contribution in [0.4, 0.5) is 0 Å². The van der Waals surface area contributed by atoms with E-state index in [1.807, 2.05) is 0 Å². The topological polar surface area (TPSA) is 94.1 Å². The summed E-state index contributed by atoms with van der Waals surface area (Å²) in [5.74, 6) is 0.106. The van der Waals surface area contributed by atoms with Gasteiger partial charge in [-0.3, -0.25) is 9.59 Å². The zero-order valence-electron chi connectivity index (χ0n) is 13.1. The van der Waals surface area contributed by atoms with Gasteiger partial charge < -0.3 is 24.6 Å². The Kier molecular flexibility index (Phi) is 6.49. The number of carboxylic acids is 1. The zero-order chi connectivity index (χ0) is 16.7. The van der Waals surface area contributed by atoms with Crippen LogP contribution in [0.15, 0.2) is 12.1 Å². The molecule has 1 amide bonds. The molecule has 0 saturated heterocycles. The van der Waals surface area contributed by atoms with Crippen LogP contribution in [0.25, 0.3) is 0 Å². The fourth-order valence-electron chi connectivity index (χ4n) is 1.91. The molecular weight excluding hydrogens is 290 g/mol. The van der Waals surface area contributed by atoms with E-state index in [0.717, 1.165) is 5.56 Å². The molecule has 22 heavy (non-hydrogen) atoms. The van der Waals surface area contributed by atoms with Crippen molar-refractivity contribution in [2.24, 2.45) is 0 Å². The van der Waals surface area contributed by atoms with Gasteiger partial charge in [0.2, 0.25) is 11.7 Å². The first-order valence-electron chi connectivity index (χ1n) is 6.74. The predicted octanol–water partition coefficient (Wildman–Crippen LogP) is 1.23. The number of hydrogen-bond acceptors (Lipinski definition) is 5. The van der Waals surface area contributed by atoms with Gasteiger partial charge in [0.15, 0.2) is 11.5 Å². The summed E-state index contributed by atoms with van der Waals surface area (Å²) in [4.78, 5) is 22.4. The van der Waals surface area contributed by atoms with E-state index in [-0.39, 0.29) is 12.3 Å². The molecule has 0 aliphatic heterocycles. The molecule has 7 heteroatoms. The lowest BCUT2D eigenvalue weighted by molar-refractivity contribution is -0.141. The molecule has 122 valence electrons. The fourth-order valence-corrected chi connectivity index (χ4v) is 1.91. The number of amides is 1. The lowest BCUT2D eigenvalue weighted by atomic mass is 10.1. The van der Waals surface area contributed by atoms with Gasteiger partial charge in [-0.15, -0.1) is 0 Å². The maximum atomic E-state index is 11.7. The number of ether oxygens (including phenoxy) is 3. The largest absolute Gasteiger partial charge is 0.493 e. The summed E-state index contributed by atoms with van der Waals surface area (Å²) in [6, 6.07) is 2.61. The van der Waals surface area contributed by atoms with Crippen molar-refractivity contribution < 1.29 is 28.9 Å². The normalized spacial score (nSPS) is 11.5. The van der Waals surface area contributed by atoms with Crippen molar-refractivity contribution in [2.45, 2.75) is 25.8 Å². The average molecular weight is 311 g/mol. The molecule has 0 aliphatic rings. The Bertz CT molecular complexity index is 518. The molecule has 0 aromatic heterocycles. The summed E-state index contributed by atoms with van der Waals surface area (Å²) in [5, 5.41) is 11.2. The Morgan fingerprint density at radius 1 is 1.14 bits per heavy atom. The summed E-state index contributed by atoms with van der Waals surface area (Å²) in [6.45, 7) is 1.42. The smallest absolute Gasteiger partial charge is 0.325 e. The molecule has 0 fully saturated rings. The summed E-state index contributed by atoms with van der Waals surface area (Å²) < 4.78 is 15.7. The zero-order valence-corrected chi connectivity index (χ0v) is 13.1. The van der Waals surface area contributed by atoms with Crippen molar-refractivity contribution in [3.63, 3.8) is 0 Å². The number of carbonyl (C=O) groups excluding carboxylic acids is 1. The number of aliphatic carboxylic acids is 1. The molecular formula is C15H21NO6. The summed E-state index contributed by atoms with van der Waals surface area (Å²) >= 11 is 0. The minimum absolute atomic E-state index is 0.163. The first-order valence-corrected chi connectivity index (χ1v) is 6.74. The molecule has 2 N–H and O–H groups in total. The molecule has 0 spiro atoms. The van der Waals surface area contributed by atoms with Gasteiger partial charge in [-0.1, -0.05) is 0 Å². The third-order valence-electron chi connectivity index (χ3n) is 3.11. The fraction of sp³-hybridized carbons (Fsp3) is 0.467. The van der Waals surface area contributed by atoms with E-state index >= 15 is 0 Å². The maximum Gasteiger partial charge on any atom is 0.325 e. The van der Waals surface area contributed by atoms with Gasteiger partial charge in [-0.2, -0.15) is 0 Å². The number of carboxylic acid groups (broad SMARTS) is 1. The van der Waals surface area contributed by atoms with Crippen molar-refractivity contribution in [3.05, 3.63) is 17.7 Å². The molecule has 0 bridgehead atoms. The quantitative estimate of drug-likeness (QED) is 0.750. The average Bonchev–Trinajstić information content (AvgIpc) is 2.51. The van der Waals surface area contributed by atoms with E-state index in [1.165, 1.54) is 28.3 Å². The number of hydrogen-bond donors (Lipinski definition) is 2. The number of methoxy groups -OCH3 is 3. The van der Waals surface area contributed by atoms with E-state index in [9.17, 15) is 9.59 Å². The van der Waals surface area contributed by atoms with Crippen LogP contribution < -0.4 is 19.5 Å². The predicted molar refractivity (Wildman–Crippen MR) is 79.7 cm³/mol. The molecule has 0 saturated carbocycles. The van der Waals surface area contributed by atoms with Crippen LogP contribution in [0, 0.1) is 0 Å². The molecule has 1 rings (SSSR count). The highest BCUT2D eigenvalue weighted by Gasteiger charge is 2.16. The van der Waals surface area contributed by atoms with Crippen LogP contribution in [-0.2, 0) is 16.0 Å². The van der Waals surface area contributed by atoms with Gasteiger partial charge >= 0.3 is 5.97 Å². The summed E-state index contributed by atoms with van der Waals surface area (Å²) in [7, 11) is 4.55. The highest BCUT2D eigenvalue weighted by Crippen LogP contribution is 2.38. The highest BCUT2D eigenvalue weighted by atomic mass is 16.5. The standard InChI is InChI=1S/C15H21NO6/c1-9(15(18)19)16-13(17)6-5-10-7-11(20-2)14(22-4)12(8-10)21-3/h7-9H,5-6H2,1-4H3,(H,16,17)(H,18,19)/t9-/m1/s1. The van der Waals surface area contributed by atoms with Gasteiger partial charge in [-0.25, -0.2) is 0 Å². The molecule has 1 aromatic carbocycles. The number of aryl methyl sites for hydroxylation is 1. The molecule has 0 unspecified atom stereocenters. The molecule has 0 aliphatic carbocycles. The van der Waals surface area contributed by atoms with Gasteiger partial charge in [0, 0.05) is 6.42 Å². The third-order valence-corrected chi connectivity index (χ3v) is 3.11. The molecule has 0 heterocycles. The van der Waals surface area contributed by atoms with Crippen LogP contribution in [0.1, 0.15) is 18.9 Å². The van der Waals surface area contributed by atoms with Gasteiger partial charge in [0.05, 0.1) is 21.3 Å². The van der Waals surface area contributed by atoms with Gasteiger partial charge in [-0.05, 0) is 31.0 Å². The SMILES string of the molecule is COc1cc(CCC(=O)N[C@H](C)C(=O)O)cc(OC)c1OC. The van der Waals surface area contributed by atoms with E-state index < -0.39 is 12.0 Å². The van der Waals surface area contributed by atoms with Gasteiger partial charge in [0.1, 0.15) is 6.04 Å². The van der Waals surface area contributed by atoms with Crippen molar-refractivity contribution in [3.8, 4) is 17.2 Å². The Balaban J connectivity index is 2.78. The molecule has 0 radical (unpaired) electrons. The van der Waals surface area contributed by atoms with Crippen molar-refractivity contribution >= 4 is 11.9 Å². The first-order chi connectivity index (χ1) is 10.4. The second-order valence-corrected chi connectivity index (χ2v) is 4.66. The first kappa shape index (κ1) is 17.6. The van der Waals surface area contributed by atoms with Gasteiger partial charge in [0.25, 0.3) is 0 Å². The number of rotatable bonds is 8. The van der Waals surface area contributed by atoms with E-state index in [2.05, 4.69) is 5.32 Å². The summed E-state index contributed by atoms with van der Waals surface area (Å²) in [6.07, 6.45) is 0.588. The van der Waals surface area contributed by atoms with Crippen LogP contribution in [-0.4, -0.2) is 44.4 Å². The second kappa shape index (κ2) is 8.11. The lowest BCUT2D eigenvalue weighted by Gasteiger charge is -2.14. The number of nitrogens with one attached hydrogen (secondary N) is 1. The minimum Gasteiger partial charge on any atom is -0.493 e. The highest BCUT2D eigenvalue weighted by molar-refractivity contribution is 5.83. The minimum atomic E-state index is -1.07. The second-order valence-electron chi connectivity index (χ2n) is 4.66. The molecule has 7 nitrogen and oxygen atoms in total. The van der Waals surface area contributed by atoms with E-state index in [0.29, 0.717) is 23.7 Å². The van der Waals surface area contributed by atoms with Crippen LogP contribution in [0.3, 0.4) is 0 Å². The third kappa shape index (κ3) is 4.54. The molecule has 1 atom stereocenters. The lowest BCUT2D eigenvalue weighted by Crippen LogP contribution is -2.38. The summed E-state index contributed by atoms with van der Waals surface area (Å²) in [5.41, 5.74) is 0.827. The molecule has 1 aromatic rings. The number of carbonyl (C=O) groups is 2. The van der Waals surface area contributed by atoms with Crippen LogP contribution in [0.5, 0.6) is 17.2 Å². The van der Waals surface area contributed by atoms with Crippen molar-refractivity contribution in [2.75, 3.05) is 21.3 Å². The Morgan fingerprint density at radius 2 is 1.68 bits per heavy atom. The van der Waals surface area contributed by atoms with E-state index in [4.69, 9.17) is 19.3 Å². The van der Waals surface area contributed by atoms with Crippen molar-refractivity contribution in [1.82, 2.24) is 5.32 Å². The van der Waals surface area contributed by atoms with E-state index in [1.54, 1.807) is 12.1 Å².